The maximum absolute atomic E-state index is 11.0. The Morgan fingerprint density at radius 3 is 2.70 bits per heavy atom. The predicted molar refractivity (Wildman–Crippen MR) is 76.1 cm³/mol. The van der Waals surface area contributed by atoms with E-state index in [1.54, 1.807) is 12.1 Å². The van der Waals surface area contributed by atoms with Gasteiger partial charge in [-0.3, -0.25) is 0 Å². The number of carboxylic acids is 1. The van der Waals surface area contributed by atoms with Crippen LogP contribution in [-0.4, -0.2) is 21.2 Å². The fourth-order valence-corrected chi connectivity index (χ4v) is 2.64. The number of carboxylic acid groups (broad SMARTS) is 1. The van der Waals surface area contributed by atoms with Crippen LogP contribution in [0.5, 0.6) is 5.75 Å². The van der Waals surface area contributed by atoms with Crippen molar-refractivity contribution < 1.29 is 19.7 Å². The molecule has 0 aliphatic carbocycles. The van der Waals surface area contributed by atoms with Gasteiger partial charge in [-0.25, -0.2) is 9.78 Å². The topological polar surface area (TPSA) is 79.7 Å². The number of nitrogens with zero attached hydrogens (tertiary/aromatic N) is 1. The van der Waals surface area contributed by atoms with Crippen molar-refractivity contribution in [2.24, 2.45) is 0 Å². The molecule has 0 fully saturated rings. The molecule has 0 bridgehead atoms. The molecule has 104 valence electrons. The number of aliphatic hydroxyl groups is 1. The van der Waals surface area contributed by atoms with Crippen LogP contribution >= 0.6 is 22.9 Å². The third-order valence-electron chi connectivity index (χ3n) is 2.39. The molecule has 0 saturated heterocycles. The van der Waals surface area contributed by atoms with Gasteiger partial charge in [-0.1, -0.05) is 29.8 Å². The predicted octanol–water partition coefficient (Wildman–Crippen LogP) is 3.36. The number of hydrogen-bond acceptors (Lipinski definition) is 5. The fraction of sp³-hybridized carbons (Fsp3) is 0.0769. The summed E-state index contributed by atoms with van der Waals surface area (Å²) in [5.41, 5.74) is 0.104. The Morgan fingerprint density at radius 1 is 1.40 bits per heavy atom. The lowest BCUT2D eigenvalue weighted by molar-refractivity contribution is -0.130. The van der Waals surface area contributed by atoms with E-state index in [4.69, 9.17) is 26.6 Å². The molecule has 2 N–H and O–H groups in total. The number of carbonyl (C=O) groups is 1. The molecule has 20 heavy (non-hydrogen) atoms. The molecule has 0 aliphatic rings. The second-order valence-electron chi connectivity index (χ2n) is 3.69. The molecule has 2 rings (SSSR count). The molecule has 0 radical (unpaired) electrons. The number of aromatic nitrogens is 1. The van der Waals surface area contributed by atoms with E-state index in [1.807, 2.05) is 18.2 Å². The monoisotopic (exact) mass is 311 g/mol. The van der Waals surface area contributed by atoms with Crippen LogP contribution in [0, 0.1) is 0 Å². The van der Waals surface area contributed by atoms with E-state index >= 15 is 0 Å². The van der Waals surface area contributed by atoms with E-state index in [0.717, 1.165) is 11.3 Å². The number of hydrogen-bond donors (Lipinski definition) is 2. The van der Waals surface area contributed by atoms with Gasteiger partial charge >= 0.3 is 5.97 Å². The normalized spacial score (nSPS) is 11.3. The lowest BCUT2D eigenvalue weighted by Crippen LogP contribution is -2.04. The Hall–Kier alpha value is -2.05. The molecule has 0 unspecified atom stereocenters. The Morgan fingerprint density at radius 2 is 2.10 bits per heavy atom. The van der Waals surface area contributed by atoms with Crippen LogP contribution in [0.2, 0.25) is 4.47 Å². The van der Waals surface area contributed by atoms with Gasteiger partial charge in [-0.05, 0) is 12.1 Å². The molecular formula is C13H10ClNO4S. The van der Waals surface area contributed by atoms with E-state index < -0.39 is 5.97 Å². The third-order valence-corrected chi connectivity index (χ3v) is 3.63. The van der Waals surface area contributed by atoms with Gasteiger partial charge in [-0.15, -0.1) is 11.3 Å². The molecular weight excluding hydrogens is 302 g/mol. The van der Waals surface area contributed by atoms with Crippen LogP contribution in [0.3, 0.4) is 0 Å². The highest BCUT2D eigenvalue weighted by molar-refractivity contribution is 7.17. The van der Waals surface area contributed by atoms with E-state index in [-0.39, 0.29) is 21.5 Å². The van der Waals surface area contributed by atoms with Crippen LogP contribution in [0.15, 0.2) is 36.6 Å². The Kier molecular flexibility index (Phi) is 4.60. The molecule has 1 aromatic carbocycles. The Bertz CT molecular complexity index is 639. The van der Waals surface area contributed by atoms with Gasteiger partial charge in [0.05, 0.1) is 16.8 Å². The largest absolute Gasteiger partial charge is 0.515 e. The van der Waals surface area contributed by atoms with Gasteiger partial charge in [0.15, 0.2) is 4.47 Å². The number of ether oxygens (including phenoxy) is 1. The van der Waals surface area contributed by atoms with E-state index in [1.165, 1.54) is 0 Å². The summed E-state index contributed by atoms with van der Waals surface area (Å²) in [6.07, 6.45) is 0.526. The van der Waals surface area contributed by atoms with Gasteiger partial charge in [-0.2, -0.15) is 0 Å². The Balaban J connectivity index is 2.22. The average molecular weight is 312 g/mol. The zero-order valence-corrected chi connectivity index (χ0v) is 11.7. The lowest BCUT2D eigenvalue weighted by atomic mass is 10.2. The lowest BCUT2D eigenvalue weighted by Gasteiger charge is -2.05. The van der Waals surface area contributed by atoms with Crippen molar-refractivity contribution in [2.45, 2.75) is 6.61 Å². The minimum Gasteiger partial charge on any atom is -0.515 e. The van der Waals surface area contributed by atoms with Crippen molar-refractivity contribution in [3.8, 4) is 5.75 Å². The van der Waals surface area contributed by atoms with Crippen molar-refractivity contribution in [2.75, 3.05) is 0 Å². The smallest absolute Gasteiger partial charge is 0.340 e. The minimum absolute atomic E-state index is 0.0627. The summed E-state index contributed by atoms with van der Waals surface area (Å²) in [6, 6.07) is 9.04. The van der Waals surface area contributed by atoms with Crippen LogP contribution < -0.4 is 4.74 Å². The summed E-state index contributed by atoms with van der Waals surface area (Å²) in [6.45, 7) is 0.0627. The highest BCUT2D eigenvalue weighted by Gasteiger charge is 2.20. The van der Waals surface area contributed by atoms with Crippen LogP contribution in [-0.2, 0) is 11.4 Å². The summed E-state index contributed by atoms with van der Waals surface area (Å²) >= 11 is 6.78. The standard InChI is InChI=1S/C13H10ClNO4S/c14-13-15-10(7-19-8-4-2-1-3-5-8)11(20-13)9(6-16)12(17)18/h1-6,16H,7H2,(H,17,18). The summed E-state index contributed by atoms with van der Waals surface area (Å²) in [7, 11) is 0. The first kappa shape index (κ1) is 14.4. The number of thiazole rings is 1. The first-order valence-corrected chi connectivity index (χ1v) is 6.72. The molecule has 0 spiro atoms. The summed E-state index contributed by atoms with van der Waals surface area (Å²) in [4.78, 5) is 15.3. The highest BCUT2D eigenvalue weighted by atomic mass is 35.5. The van der Waals surface area contributed by atoms with Gasteiger partial charge in [0.2, 0.25) is 0 Å². The van der Waals surface area contributed by atoms with Gasteiger partial charge in [0, 0.05) is 0 Å². The second-order valence-corrected chi connectivity index (χ2v) is 5.27. The zero-order chi connectivity index (χ0) is 14.5. The number of aliphatic carboxylic acids is 1. The van der Waals surface area contributed by atoms with Gasteiger partial charge in [0.1, 0.15) is 17.9 Å². The molecule has 0 saturated carbocycles. The van der Waals surface area contributed by atoms with Crippen LogP contribution in [0.25, 0.3) is 5.57 Å². The quantitative estimate of drug-likeness (QED) is 0.654. The second kappa shape index (κ2) is 6.40. The van der Waals surface area contributed by atoms with Crippen molar-refractivity contribution in [1.82, 2.24) is 4.98 Å². The van der Waals surface area contributed by atoms with E-state index in [9.17, 15) is 4.79 Å². The molecule has 0 aliphatic heterocycles. The van der Waals surface area contributed by atoms with Crippen molar-refractivity contribution in [3.63, 3.8) is 0 Å². The fourth-order valence-electron chi connectivity index (χ4n) is 1.51. The average Bonchev–Trinajstić information content (AvgIpc) is 2.79. The summed E-state index contributed by atoms with van der Waals surface area (Å²) in [5, 5.41) is 18.0. The molecule has 2 aromatic rings. The SMILES string of the molecule is O=C(O)C(=CO)c1sc(Cl)nc1COc1ccccc1. The van der Waals surface area contributed by atoms with Crippen LogP contribution in [0.4, 0.5) is 0 Å². The van der Waals surface area contributed by atoms with Gasteiger partial charge < -0.3 is 14.9 Å². The molecule has 1 aromatic heterocycles. The van der Waals surface area contributed by atoms with Gasteiger partial charge in [0.25, 0.3) is 0 Å². The number of rotatable bonds is 5. The molecule has 5 nitrogen and oxygen atoms in total. The number of benzene rings is 1. The molecule has 0 atom stereocenters. The summed E-state index contributed by atoms with van der Waals surface area (Å²) in [5.74, 6) is -0.624. The minimum atomic E-state index is -1.26. The van der Waals surface area contributed by atoms with E-state index in [0.29, 0.717) is 17.7 Å². The van der Waals surface area contributed by atoms with Crippen LogP contribution in [0.1, 0.15) is 10.6 Å². The Labute approximate surface area is 123 Å². The molecule has 7 heteroatoms. The van der Waals surface area contributed by atoms with E-state index in [2.05, 4.69) is 4.98 Å². The summed E-state index contributed by atoms with van der Waals surface area (Å²) < 4.78 is 5.69. The maximum Gasteiger partial charge on any atom is 0.340 e. The highest BCUT2D eigenvalue weighted by Crippen LogP contribution is 2.30. The third kappa shape index (κ3) is 3.28. The number of aliphatic hydroxyl groups excluding tert-OH is 1. The number of para-hydroxylation sites is 1. The first-order chi connectivity index (χ1) is 9.61. The van der Waals surface area contributed by atoms with Crippen molar-refractivity contribution in [3.05, 3.63) is 51.6 Å². The van der Waals surface area contributed by atoms with Crippen molar-refractivity contribution in [1.29, 1.82) is 0 Å². The first-order valence-electron chi connectivity index (χ1n) is 5.53. The van der Waals surface area contributed by atoms with Crippen molar-refractivity contribution >= 4 is 34.5 Å². The zero-order valence-electron chi connectivity index (χ0n) is 10.1. The molecule has 1 heterocycles. The maximum atomic E-state index is 11.0. The molecule has 0 amide bonds. The number of halogens is 1.